The quantitative estimate of drug-likeness (QED) is 0.548. The maximum Gasteiger partial charge on any atom is 0.328 e. The van der Waals surface area contributed by atoms with Crippen molar-refractivity contribution in [2.24, 2.45) is 4.99 Å². The molecular weight excluding hydrogens is 394 g/mol. The Labute approximate surface area is 182 Å². The number of benzene rings is 2. The predicted molar refractivity (Wildman–Crippen MR) is 118 cm³/mol. The van der Waals surface area contributed by atoms with Crippen LogP contribution in [0, 0.1) is 0 Å². The molecule has 2 amide bonds. The molecule has 7 heteroatoms. The summed E-state index contributed by atoms with van der Waals surface area (Å²) in [5.74, 6) is -1.09. The Morgan fingerprint density at radius 1 is 1.06 bits per heavy atom. The number of ether oxygens (including phenoxy) is 1. The Morgan fingerprint density at radius 2 is 1.65 bits per heavy atom. The van der Waals surface area contributed by atoms with Crippen LogP contribution in [0.2, 0.25) is 0 Å². The lowest BCUT2D eigenvalue weighted by atomic mass is 10.0. The Bertz CT molecular complexity index is 902. The summed E-state index contributed by atoms with van der Waals surface area (Å²) in [6, 6.07) is 18.0. The summed E-state index contributed by atoms with van der Waals surface area (Å²) in [5, 5.41) is 2.63. The Kier molecular flexibility index (Phi) is 7.54. The molecule has 2 aromatic rings. The molecule has 1 aliphatic rings. The van der Waals surface area contributed by atoms with E-state index in [1.165, 1.54) is 7.11 Å². The Hall–Kier alpha value is -3.48. The summed E-state index contributed by atoms with van der Waals surface area (Å²) in [7, 11) is 1.27. The highest BCUT2D eigenvalue weighted by Crippen LogP contribution is 2.18. The summed E-state index contributed by atoms with van der Waals surface area (Å²) < 4.78 is 4.65. The molecule has 0 spiro atoms. The molecule has 2 aromatic carbocycles. The third kappa shape index (κ3) is 5.57. The van der Waals surface area contributed by atoms with Gasteiger partial charge in [0.25, 0.3) is 0 Å². The van der Waals surface area contributed by atoms with Crippen molar-refractivity contribution in [1.82, 2.24) is 10.2 Å². The first-order chi connectivity index (χ1) is 15.0. The maximum absolute atomic E-state index is 13.0. The predicted octanol–water partition coefficient (Wildman–Crippen LogP) is 2.19. The fourth-order valence-corrected chi connectivity index (χ4v) is 3.66. The average Bonchev–Trinajstić information content (AvgIpc) is 3.30. The molecule has 1 saturated heterocycles. The number of hydrogen-bond donors (Lipinski definition) is 1. The van der Waals surface area contributed by atoms with Gasteiger partial charge in [-0.2, -0.15) is 0 Å². The van der Waals surface area contributed by atoms with Crippen molar-refractivity contribution in [3.8, 4) is 0 Å². The number of methoxy groups -OCH3 is 1. The monoisotopic (exact) mass is 421 g/mol. The van der Waals surface area contributed by atoms with E-state index in [0.29, 0.717) is 13.0 Å². The number of amides is 2. The first kappa shape index (κ1) is 22.2. The van der Waals surface area contributed by atoms with Crippen LogP contribution in [0.1, 0.15) is 30.9 Å². The number of nitrogens with one attached hydrogen (secondary N) is 1. The van der Waals surface area contributed by atoms with Crippen molar-refractivity contribution in [3.05, 3.63) is 71.8 Å². The van der Waals surface area contributed by atoms with Crippen LogP contribution in [-0.2, 0) is 19.1 Å². The van der Waals surface area contributed by atoms with E-state index < -0.39 is 18.1 Å². The van der Waals surface area contributed by atoms with E-state index in [9.17, 15) is 14.4 Å². The fraction of sp³-hybridized carbons (Fsp3) is 0.333. The van der Waals surface area contributed by atoms with Crippen LogP contribution in [0.3, 0.4) is 0 Å². The topological polar surface area (TPSA) is 88.1 Å². The molecule has 2 atom stereocenters. The number of rotatable bonds is 7. The second-order valence-corrected chi connectivity index (χ2v) is 7.40. The minimum atomic E-state index is -0.768. The van der Waals surface area contributed by atoms with E-state index in [4.69, 9.17) is 0 Å². The van der Waals surface area contributed by atoms with E-state index in [-0.39, 0.29) is 18.4 Å². The smallest absolute Gasteiger partial charge is 0.328 e. The number of esters is 1. The standard InChI is InChI=1S/C24H27N3O4/c1-17(24(30)31-2)26-23(29)20-14-9-15-27(20)21(28)16-25-22(18-10-5-3-6-11-18)19-12-7-4-8-13-19/h3-8,10-13,17,20H,9,14-16H2,1-2H3,(H,26,29)/t17-,20-/m0/s1. The molecular formula is C24H27N3O4. The van der Waals surface area contributed by atoms with E-state index in [1.54, 1.807) is 11.8 Å². The highest BCUT2D eigenvalue weighted by molar-refractivity contribution is 6.13. The molecule has 3 rings (SSSR count). The fourth-order valence-electron chi connectivity index (χ4n) is 3.66. The zero-order chi connectivity index (χ0) is 22.2. The third-order valence-corrected chi connectivity index (χ3v) is 5.26. The molecule has 162 valence electrons. The second kappa shape index (κ2) is 10.5. The first-order valence-electron chi connectivity index (χ1n) is 10.3. The van der Waals surface area contributed by atoms with Crippen molar-refractivity contribution in [2.45, 2.75) is 31.8 Å². The van der Waals surface area contributed by atoms with Gasteiger partial charge in [0.2, 0.25) is 11.8 Å². The number of nitrogens with zero attached hydrogens (tertiary/aromatic N) is 2. The molecule has 0 aliphatic carbocycles. The van der Waals surface area contributed by atoms with E-state index in [1.807, 2.05) is 60.7 Å². The number of aliphatic imine (C=N–C) groups is 1. The van der Waals surface area contributed by atoms with E-state index in [2.05, 4.69) is 15.0 Å². The number of hydrogen-bond acceptors (Lipinski definition) is 5. The van der Waals surface area contributed by atoms with Crippen molar-refractivity contribution in [3.63, 3.8) is 0 Å². The lowest BCUT2D eigenvalue weighted by molar-refractivity contribution is -0.145. The minimum absolute atomic E-state index is 0.0601. The Morgan fingerprint density at radius 3 is 2.19 bits per heavy atom. The van der Waals surface area contributed by atoms with Gasteiger partial charge >= 0.3 is 5.97 Å². The summed E-state index contributed by atoms with van der Waals surface area (Å²) in [6.07, 6.45) is 1.28. The molecule has 31 heavy (non-hydrogen) atoms. The second-order valence-electron chi connectivity index (χ2n) is 7.40. The van der Waals surface area contributed by atoms with Gasteiger partial charge in [-0.1, -0.05) is 60.7 Å². The van der Waals surface area contributed by atoms with Gasteiger partial charge in [0.05, 0.1) is 12.8 Å². The first-order valence-corrected chi connectivity index (χ1v) is 10.3. The Balaban J connectivity index is 1.74. The van der Waals surface area contributed by atoms with Gasteiger partial charge < -0.3 is 15.0 Å². The number of carbonyl (C=O) groups excluding carboxylic acids is 3. The molecule has 0 aromatic heterocycles. The average molecular weight is 421 g/mol. The molecule has 1 fully saturated rings. The van der Waals surface area contributed by atoms with Gasteiger partial charge in [-0.3, -0.25) is 14.6 Å². The summed E-state index contributed by atoms with van der Waals surface area (Å²) in [4.78, 5) is 43.3. The number of carbonyl (C=O) groups is 3. The summed E-state index contributed by atoms with van der Waals surface area (Å²) >= 11 is 0. The van der Waals surface area contributed by atoms with Gasteiger partial charge in [-0.05, 0) is 19.8 Å². The van der Waals surface area contributed by atoms with Crippen molar-refractivity contribution in [2.75, 3.05) is 20.2 Å². The third-order valence-electron chi connectivity index (χ3n) is 5.26. The highest BCUT2D eigenvalue weighted by atomic mass is 16.5. The summed E-state index contributed by atoms with van der Waals surface area (Å²) in [6.45, 7) is 1.99. The number of likely N-dealkylation sites (tertiary alicyclic amines) is 1. The zero-order valence-corrected chi connectivity index (χ0v) is 17.8. The molecule has 0 radical (unpaired) electrons. The van der Waals surface area contributed by atoms with Gasteiger partial charge in [0.1, 0.15) is 18.6 Å². The van der Waals surface area contributed by atoms with Gasteiger partial charge in [-0.25, -0.2) is 4.79 Å². The largest absolute Gasteiger partial charge is 0.467 e. The minimum Gasteiger partial charge on any atom is -0.467 e. The summed E-state index contributed by atoms with van der Waals surface area (Å²) in [5.41, 5.74) is 2.57. The van der Waals surface area contributed by atoms with Gasteiger partial charge in [-0.15, -0.1) is 0 Å². The van der Waals surface area contributed by atoms with Gasteiger partial charge in [0, 0.05) is 17.7 Å². The van der Waals surface area contributed by atoms with Crippen LogP contribution < -0.4 is 5.32 Å². The molecule has 0 saturated carbocycles. The molecule has 0 unspecified atom stereocenters. The van der Waals surface area contributed by atoms with Gasteiger partial charge in [0.15, 0.2) is 0 Å². The van der Waals surface area contributed by atoms with E-state index in [0.717, 1.165) is 23.3 Å². The molecule has 1 N–H and O–H groups in total. The maximum atomic E-state index is 13.0. The lowest BCUT2D eigenvalue weighted by Crippen LogP contribution is -2.50. The van der Waals surface area contributed by atoms with Crippen molar-refractivity contribution < 1.29 is 19.1 Å². The van der Waals surface area contributed by atoms with Crippen LogP contribution in [-0.4, -0.2) is 60.7 Å². The normalized spacial score (nSPS) is 16.3. The van der Waals surface area contributed by atoms with Crippen molar-refractivity contribution in [1.29, 1.82) is 0 Å². The van der Waals surface area contributed by atoms with E-state index >= 15 is 0 Å². The SMILES string of the molecule is COC(=O)[C@H](C)NC(=O)[C@@H]1CCCN1C(=O)CN=C(c1ccccc1)c1ccccc1. The molecule has 7 nitrogen and oxygen atoms in total. The van der Waals surface area contributed by atoms with Crippen LogP contribution in [0.15, 0.2) is 65.7 Å². The van der Waals surface area contributed by atoms with Crippen LogP contribution >= 0.6 is 0 Å². The molecule has 1 heterocycles. The highest BCUT2D eigenvalue weighted by Gasteiger charge is 2.35. The molecule has 0 bridgehead atoms. The van der Waals surface area contributed by atoms with Crippen molar-refractivity contribution >= 4 is 23.5 Å². The lowest BCUT2D eigenvalue weighted by Gasteiger charge is -2.24. The van der Waals surface area contributed by atoms with Crippen LogP contribution in [0.4, 0.5) is 0 Å². The van der Waals surface area contributed by atoms with Crippen LogP contribution in [0.25, 0.3) is 0 Å². The van der Waals surface area contributed by atoms with Crippen LogP contribution in [0.5, 0.6) is 0 Å². The molecule has 1 aliphatic heterocycles. The zero-order valence-electron chi connectivity index (χ0n) is 17.8.